The maximum absolute atomic E-state index is 11.7. The molecule has 0 spiro atoms. The standard InChI is InChI=1S/C14H13N3O2/c18-11-6-12(10-4-2-1-3-5-10)14(13(19)7-11)17-9-15-8-16-17/h1-5,7-9,12,14,19H,6H2/t12-,14+/m0/s1. The Hall–Kier alpha value is -2.43. The highest BCUT2D eigenvalue weighted by atomic mass is 16.3. The van der Waals surface area contributed by atoms with Gasteiger partial charge in [0.2, 0.25) is 0 Å². The molecule has 2 atom stereocenters. The number of carbonyl (C=O) groups excluding carboxylic acids is 1. The van der Waals surface area contributed by atoms with Crippen molar-refractivity contribution in [1.29, 1.82) is 0 Å². The van der Waals surface area contributed by atoms with Gasteiger partial charge in [0, 0.05) is 18.4 Å². The number of nitrogens with zero attached hydrogens (tertiary/aromatic N) is 3. The number of benzene rings is 1. The van der Waals surface area contributed by atoms with Gasteiger partial charge in [-0.05, 0) is 5.56 Å². The molecule has 1 N–H and O–H groups in total. The minimum atomic E-state index is -0.373. The van der Waals surface area contributed by atoms with Crippen molar-refractivity contribution < 1.29 is 9.90 Å². The normalized spacial score (nSPS) is 23.2. The first-order valence-electron chi connectivity index (χ1n) is 6.08. The molecule has 5 nitrogen and oxygen atoms in total. The lowest BCUT2D eigenvalue weighted by atomic mass is 9.82. The second-order valence-electron chi connectivity index (χ2n) is 4.58. The van der Waals surface area contributed by atoms with Gasteiger partial charge >= 0.3 is 0 Å². The maximum atomic E-state index is 11.7. The maximum Gasteiger partial charge on any atom is 0.159 e. The quantitative estimate of drug-likeness (QED) is 0.891. The van der Waals surface area contributed by atoms with Gasteiger partial charge in [0.1, 0.15) is 24.5 Å². The lowest BCUT2D eigenvalue weighted by molar-refractivity contribution is -0.116. The van der Waals surface area contributed by atoms with Crippen LogP contribution in [0.25, 0.3) is 0 Å². The predicted octanol–water partition coefficient (Wildman–Crippen LogP) is 2.02. The molecule has 0 bridgehead atoms. The number of carbonyl (C=O) groups is 1. The van der Waals surface area contributed by atoms with E-state index in [2.05, 4.69) is 10.1 Å². The molecule has 1 aromatic heterocycles. The largest absolute Gasteiger partial charge is 0.510 e. The minimum Gasteiger partial charge on any atom is -0.510 e. The molecule has 0 aliphatic heterocycles. The summed E-state index contributed by atoms with van der Waals surface area (Å²) in [6.07, 6.45) is 4.62. The van der Waals surface area contributed by atoms with E-state index in [4.69, 9.17) is 0 Å². The second-order valence-corrected chi connectivity index (χ2v) is 4.58. The van der Waals surface area contributed by atoms with Crippen LogP contribution in [-0.4, -0.2) is 25.7 Å². The van der Waals surface area contributed by atoms with Crippen molar-refractivity contribution in [1.82, 2.24) is 14.8 Å². The fourth-order valence-electron chi connectivity index (χ4n) is 2.53. The van der Waals surface area contributed by atoms with Crippen LogP contribution in [0.4, 0.5) is 0 Å². The highest BCUT2D eigenvalue weighted by Crippen LogP contribution is 2.38. The third kappa shape index (κ3) is 2.14. The van der Waals surface area contributed by atoms with Crippen molar-refractivity contribution in [3.05, 3.63) is 60.4 Å². The van der Waals surface area contributed by atoms with Crippen LogP contribution in [0.15, 0.2) is 54.8 Å². The first kappa shape index (κ1) is 11.6. The molecule has 0 amide bonds. The van der Waals surface area contributed by atoms with Crippen LogP contribution >= 0.6 is 0 Å². The number of hydrogen-bond donors (Lipinski definition) is 1. The van der Waals surface area contributed by atoms with Gasteiger partial charge in [0.05, 0.1) is 0 Å². The molecule has 0 saturated carbocycles. The Balaban J connectivity index is 2.06. The fraction of sp³-hybridized carbons (Fsp3) is 0.214. The molecule has 0 fully saturated rings. The molecule has 1 aromatic carbocycles. The summed E-state index contributed by atoms with van der Waals surface area (Å²) in [5.41, 5.74) is 1.01. The Kier molecular flexibility index (Phi) is 2.87. The number of allylic oxidation sites excluding steroid dienone is 2. The van der Waals surface area contributed by atoms with E-state index in [9.17, 15) is 9.90 Å². The molecule has 0 saturated heterocycles. The predicted molar refractivity (Wildman–Crippen MR) is 68.6 cm³/mol. The molecule has 0 unspecified atom stereocenters. The second kappa shape index (κ2) is 4.68. The first-order valence-corrected chi connectivity index (χ1v) is 6.08. The van der Waals surface area contributed by atoms with Crippen LogP contribution in [0.3, 0.4) is 0 Å². The van der Waals surface area contributed by atoms with Crippen molar-refractivity contribution in [3.8, 4) is 0 Å². The summed E-state index contributed by atoms with van der Waals surface area (Å²) >= 11 is 0. The Bertz CT molecular complexity index is 605. The van der Waals surface area contributed by atoms with E-state index in [-0.39, 0.29) is 23.5 Å². The van der Waals surface area contributed by atoms with Gasteiger partial charge in [0.15, 0.2) is 5.78 Å². The smallest absolute Gasteiger partial charge is 0.159 e. The lowest BCUT2D eigenvalue weighted by Gasteiger charge is -2.29. The highest BCUT2D eigenvalue weighted by Gasteiger charge is 2.34. The van der Waals surface area contributed by atoms with Crippen LogP contribution in [-0.2, 0) is 4.79 Å². The Labute approximate surface area is 110 Å². The van der Waals surface area contributed by atoms with E-state index in [1.54, 1.807) is 11.0 Å². The van der Waals surface area contributed by atoms with Crippen molar-refractivity contribution >= 4 is 5.78 Å². The number of aromatic nitrogens is 3. The van der Waals surface area contributed by atoms with Crippen LogP contribution in [0.1, 0.15) is 23.9 Å². The number of aliphatic hydroxyl groups is 1. The number of aliphatic hydroxyl groups excluding tert-OH is 1. The Morgan fingerprint density at radius 2 is 2.05 bits per heavy atom. The molecule has 96 valence electrons. The van der Waals surface area contributed by atoms with Crippen molar-refractivity contribution in [2.45, 2.75) is 18.4 Å². The van der Waals surface area contributed by atoms with Crippen LogP contribution < -0.4 is 0 Å². The SMILES string of the molecule is O=C1C=C(O)[C@H](n2cncn2)[C@H](c2ccccc2)C1. The van der Waals surface area contributed by atoms with E-state index in [0.717, 1.165) is 5.56 Å². The number of rotatable bonds is 2. The van der Waals surface area contributed by atoms with E-state index in [1.165, 1.54) is 12.4 Å². The van der Waals surface area contributed by atoms with Gasteiger partial charge in [-0.2, -0.15) is 5.10 Å². The average molecular weight is 255 g/mol. The monoisotopic (exact) mass is 255 g/mol. The van der Waals surface area contributed by atoms with Crippen LogP contribution in [0, 0.1) is 0 Å². The summed E-state index contributed by atoms with van der Waals surface area (Å²) in [7, 11) is 0. The molecule has 1 heterocycles. The van der Waals surface area contributed by atoms with Crippen molar-refractivity contribution in [2.24, 2.45) is 0 Å². The summed E-state index contributed by atoms with van der Waals surface area (Å²) < 4.78 is 1.59. The molecule has 0 radical (unpaired) electrons. The molecule has 19 heavy (non-hydrogen) atoms. The Morgan fingerprint density at radius 1 is 1.26 bits per heavy atom. The van der Waals surface area contributed by atoms with Crippen molar-refractivity contribution in [3.63, 3.8) is 0 Å². The topological polar surface area (TPSA) is 68.0 Å². The van der Waals surface area contributed by atoms with Crippen LogP contribution in [0.5, 0.6) is 0 Å². The Morgan fingerprint density at radius 3 is 2.74 bits per heavy atom. The van der Waals surface area contributed by atoms with E-state index in [1.807, 2.05) is 30.3 Å². The number of ketones is 1. The zero-order valence-corrected chi connectivity index (χ0v) is 10.2. The van der Waals surface area contributed by atoms with E-state index >= 15 is 0 Å². The van der Waals surface area contributed by atoms with Gasteiger partial charge in [-0.3, -0.25) is 4.79 Å². The molecular weight excluding hydrogens is 242 g/mol. The average Bonchev–Trinajstić information content (AvgIpc) is 2.92. The van der Waals surface area contributed by atoms with Crippen molar-refractivity contribution in [2.75, 3.05) is 0 Å². The van der Waals surface area contributed by atoms with E-state index in [0.29, 0.717) is 6.42 Å². The summed E-state index contributed by atoms with van der Waals surface area (Å²) in [4.78, 5) is 15.6. The van der Waals surface area contributed by atoms with Crippen LogP contribution in [0.2, 0.25) is 0 Å². The third-order valence-corrected chi connectivity index (χ3v) is 3.36. The van der Waals surface area contributed by atoms with Gasteiger partial charge < -0.3 is 5.11 Å². The first-order chi connectivity index (χ1) is 9.25. The highest BCUT2D eigenvalue weighted by molar-refractivity contribution is 5.92. The summed E-state index contributed by atoms with van der Waals surface area (Å²) in [5, 5.41) is 14.2. The number of hydrogen-bond acceptors (Lipinski definition) is 4. The van der Waals surface area contributed by atoms with Gasteiger partial charge in [0.25, 0.3) is 0 Å². The molecule has 1 aliphatic carbocycles. The third-order valence-electron chi connectivity index (χ3n) is 3.36. The molecule has 3 rings (SSSR count). The molecule has 5 heteroatoms. The molecule has 2 aromatic rings. The van der Waals surface area contributed by atoms with Gasteiger partial charge in [-0.15, -0.1) is 0 Å². The van der Waals surface area contributed by atoms with Gasteiger partial charge in [-0.25, -0.2) is 9.67 Å². The summed E-state index contributed by atoms with van der Waals surface area (Å²) in [6, 6.07) is 9.32. The molecular formula is C14H13N3O2. The van der Waals surface area contributed by atoms with Gasteiger partial charge in [-0.1, -0.05) is 30.3 Å². The molecule has 1 aliphatic rings. The van der Waals surface area contributed by atoms with E-state index < -0.39 is 0 Å². The summed E-state index contributed by atoms with van der Waals surface area (Å²) in [6.45, 7) is 0. The fourth-order valence-corrected chi connectivity index (χ4v) is 2.53. The zero-order chi connectivity index (χ0) is 13.2. The zero-order valence-electron chi connectivity index (χ0n) is 10.2. The lowest BCUT2D eigenvalue weighted by Crippen LogP contribution is -2.27. The summed E-state index contributed by atoms with van der Waals surface area (Å²) in [5.74, 6) is -0.154. The minimum absolute atomic E-state index is 0.0376.